The highest BCUT2D eigenvalue weighted by atomic mass is 16.3. The maximum atomic E-state index is 9.57. The molecule has 0 aromatic heterocycles. The highest BCUT2D eigenvalue weighted by Gasteiger charge is 2.07. The Hall–Kier alpha value is -2.40. The minimum atomic E-state index is -0.340. The summed E-state index contributed by atoms with van der Waals surface area (Å²) in [7, 11) is 0. The van der Waals surface area contributed by atoms with Gasteiger partial charge in [-0.3, -0.25) is 0 Å². The minimum absolute atomic E-state index is 0.0762. The molecular formula is C13H14N2O3. The molecule has 0 saturated carbocycles. The summed E-state index contributed by atoms with van der Waals surface area (Å²) in [6.45, 7) is 0.300. The molecule has 2 aromatic carbocycles. The second-order valence-electron chi connectivity index (χ2n) is 3.81. The van der Waals surface area contributed by atoms with Crippen LogP contribution in [0.15, 0.2) is 42.5 Å². The Bertz CT molecular complexity index is 529. The monoisotopic (exact) mass is 246 g/mol. The van der Waals surface area contributed by atoms with E-state index in [9.17, 15) is 15.3 Å². The standard InChI is InChI=1S/C13H14N2O3/c16-11-7-13(18)12(17)6-9(11)8-14-15-10-4-2-1-3-5-10/h1-7,14-18H,8H2. The Labute approximate surface area is 104 Å². The van der Waals surface area contributed by atoms with Crippen LogP contribution in [0.4, 0.5) is 5.69 Å². The van der Waals surface area contributed by atoms with Gasteiger partial charge in [0.05, 0.1) is 0 Å². The van der Waals surface area contributed by atoms with Gasteiger partial charge in [0.25, 0.3) is 0 Å². The van der Waals surface area contributed by atoms with E-state index in [4.69, 9.17) is 0 Å². The van der Waals surface area contributed by atoms with E-state index in [0.29, 0.717) is 12.1 Å². The van der Waals surface area contributed by atoms with E-state index in [1.807, 2.05) is 30.3 Å². The fourth-order valence-corrected chi connectivity index (χ4v) is 1.51. The fraction of sp³-hybridized carbons (Fsp3) is 0.0769. The highest BCUT2D eigenvalue weighted by Crippen LogP contribution is 2.31. The summed E-state index contributed by atoms with van der Waals surface area (Å²) in [5.74, 6) is -0.677. The number of para-hydroxylation sites is 1. The average molecular weight is 246 g/mol. The van der Waals surface area contributed by atoms with Gasteiger partial charge in [-0.2, -0.15) is 0 Å². The topological polar surface area (TPSA) is 84.8 Å². The molecule has 0 radical (unpaired) electrons. The molecule has 0 unspecified atom stereocenters. The van der Waals surface area contributed by atoms with Crippen LogP contribution in [-0.2, 0) is 6.54 Å². The van der Waals surface area contributed by atoms with Gasteiger partial charge >= 0.3 is 0 Å². The molecule has 2 aromatic rings. The molecule has 0 spiro atoms. The van der Waals surface area contributed by atoms with E-state index < -0.39 is 0 Å². The van der Waals surface area contributed by atoms with Gasteiger partial charge in [-0.25, -0.2) is 5.43 Å². The molecular weight excluding hydrogens is 232 g/mol. The van der Waals surface area contributed by atoms with Crippen LogP contribution in [0.25, 0.3) is 0 Å². The first-order valence-corrected chi connectivity index (χ1v) is 5.44. The Morgan fingerprint density at radius 2 is 1.50 bits per heavy atom. The first kappa shape index (κ1) is 12.1. The van der Waals surface area contributed by atoms with Crippen LogP contribution in [0.3, 0.4) is 0 Å². The number of phenols is 3. The average Bonchev–Trinajstić information content (AvgIpc) is 2.37. The molecule has 0 amide bonds. The lowest BCUT2D eigenvalue weighted by Gasteiger charge is -2.10. The van der Waals surface area contributed by atoms with Crippen LogP contribution in [0, 0.1) is 0 Å². The Kier molecular flexibility index (Phi) is 3.54. The molecule has 0 aliphatic carbocycles. The van der Waals surface area contributed by atoms with Gasteiger partial charge < -0.3 is 20.7 Å². The summed E-state index contributed by atoms with van der Waals surface area (Å²) >= 11 is 0. The van der Waals surface area contributed by atoms with Gasteiger partial charge in [0, 0.05) is 23.9 Å². The number of aromatic hydroxyl groups is 3. The van der Waals surface area contributed by atoms with Crippen LogP contribution in [-0.4, -0.2) is 15.3 Å². The quantitative estimate of drug-likeness (QED) is 0.323. The van der Waals surface area contributed by atoms with Crippen LogP contribution in [0.2, 0.25) is 0 Å². The van der Waals surface area contributed by atoms with Gasteiger partial charge in [-0.05, 0) is 18.2 Å². The summed E-state index contributed by atoms with van der Waals surface area (Å²) in [5.41, 5.74) is 7.22. The number of hydrazine groups is 1. The van der Waals surface area contributed by atoms with Gasteiger partial charge in [0.15, 0.2) is 11.5 Å². The number of hydrogen-bond acceptors (Lipinski definition) is 5. The number of phenolic OH excluding ortho intramolecular Hbond substituents is 3. The largest absolute Gasteiger partial charge is 0.507 e. The maximum Gasteiger partial charge on any atom is 0.161 e. The van der Waals surface area contributed by atoms with Crippen molar-refractivity contribution in [3.8, 4) is 17.2 Å². The zero-order valence-corrected chi connectivity index (χ0v) is 9.59. The summed E-state index contributed by atoms with van der Waals surface area (Å²) in [5, 5.41) is 28.1. The van der Waals surface area contributed by atoms with Crippen molar-refractivity contribution in [1.82, 2.24) is 5.43 Å². The Balaban J connectivity index is 1.97. The molecule has 0 aliphatic rings. The lowest BCUT2D eigenvalue weighted by Crippen LogP contribution is -2.20. The van der Waals surface area contributed by atoms with Crippen LogP contribution < -0.4 is 10.9 Å². The normalized spacial score (nSPS) is 10.2. The molecule has 5 nitrogen and oxygen atoms in total. The summed E-state index contributed by atoms with van der Waals surface area (Å²) in [6.07, 6.45) is 0. The predicted octanol–water partition coefficient (Wildman–Crippen LogP) is 1.92. The van der Waals surface area contributed by atoms with Crippen molar-refractivity contribution in [3.63, 3.8) is 0 Å². The first-order chi connectivity index (χ1) is 8.66. The number of benzene rings is 2. The molecule has 2 rings (SSSR count). The lowest BCUT2D eigenvalue weighted by atomic mass is 10.2. The SMILES string of the molecule is Oc1cc(O)c(CNNc2ccccc2)cc1O. The van der Waals surface area contributed by atoms with E-state index in [2.05, 4.69) is 10.9 Å². The molecule has 5 N–H and O–H groups in total. The molecule has 0 heterocycles. The van der Waals surface area contributed by atoms with Crippen molar-refractivity contribution in [1.29, 1.82) is 0 Å². The van der Waals surface area contributed by atoms with Crippen LogP contribution in [0.1, 0.15) is 5.56 Å². The van der Waals surface area contributed by atoms with Gasteiger partial charge in [-0.15, -0.1) is 0 Å². The van der Waals surface area contributed by atoms with Crippen molar-refractivity contribution >= 4 is 5.69 Å². The van der Waals surface area contributed by atoms with E-state index >= 15 is 0 Å². The van der Waals surface area contributed by atoms with Crippen molar-refractivity contribution < 1.29 is 15.3 Å². The second-order valence-corrected chi connectivity index (χ2v) is 3.81. The summed E-state index contributed by atoms with van der Waals surface area (Å²) in [6, 6.07) is 11.9. The van der Waals surface area contributed by atoms with Gasteiger partial charge in [-0.1, -0.05) is 18.2 Å². The molecule has 0 bridgehead atoms. The summed E-state index contributed by atoms with van der Waals surface area (Å²) < 4.78 is 0. The number of nitrogens with one attached hydrogen (secondary N) is 2. The molecule has 0 atom stereocenters. The summed E-state index contributed by atoms with van der Waals surface area (Å²) in [4.78, 5) is 0. The van der Waals surface area contributed by atoms with Crippen molar-refractivity contribution in [2.75, 3.05) is 5.43 Å². The molecule has 0 aliphatic heterocycles. The molecule has 0 fully saturated rings. The third-order valence-corrected chi connectivity index (χ3v) is 2.46. The zero-order valence-electron chi connectivity index (χ0n) is 9.59. The second kappa shape index (κ2) is 5.29. The van der Waals surface area contributed by atoms with Crippen molar-refractivity contribution in [3.05, 3.63) is 48.0 Å². The molecule has 94 valence electrons. The molecule has 0 saturated heterocycles. The minimum Gasteiger partial charge on any atom is -0.507 e. The lowest BCUT2D eigenvalue weighted by molar-refractivity contribution is 0.394. The zero-order chi connectivity index (χ0) is 13.0. The molecule has 18 heavy (non-hydrogen) atoms. The molecule has 5 heteroatoms. The van der Waals surface area contributed by atoms with Gasteiger partial charge in [0.1, 0.15) is 5.75 Å². The fourth-order valence-electron chi connectivity index (χ4n) is 1.51. The number of anilines is 1. The van der Waals surface area contributed by atoms with E-state index in [0.717, 1.165) is 11.8 Å². The maximum absolute atomic E-state index is 9.57. The highest BCUT2D eigenvalue weighted by molar-refractivity contribution is 5.48. The Morgan fingerprint density at radius 1 is 0.833 bits per heavy atom. The van der Waals surface area contributed by atoms with Gasteiger partial charge in [0.2, 0.25) is 0 Å². The number of rotatable bonds is 4. The van der Waals surface area contributed by atoms with Crippen LogP contribution >= 0.6 is 0 Å². The van der Waals surface area contributed by atoms with Crippen molar-refractivity contribution in [2.45, 2.75) is 6.54 Å². The predicted molar refractivity (Wildman–Crippen MR) is 68.3 cm³/mol. The van der Waals surface area contributed by atoms with E-state index in [-0.39, 0.29) is 17.2 Å². The third kappa shape index (κ3) is 2.83. The smallest absolute Gasteiger partial charge is 0.161 e. The van der Waals surface area contributed by atoms with E-state index in [1.54, 1.807) is 0 Å². The van der Waals surface area contributed by atoms with E-state index in [1.165, 1.54) is 6.07 Å². The van der Waals surface area contributed by atoms with Crippen LogP contribution in [0.5, 0.6) is 17.2 Å². The van der Waals surface area contributed by atoms with Crippen molar-refractivity contribution in [2.24, 2.45) is 0 Å². The first-order valence-electron chi connectivity index (χ1n) is 5.44. The Morgan fingerprint density at radius 3 is 2.22 bits per heavy atom. The third-order valence-electron chi connectivity index (χ3n) is 2.46. The number of hydrogen-bond donors (Lipinski definition) is 5.